The lowest BCUT2D eigenvalue weighted by Gasteiger charge is -2.20. The maximum absolute atomic E-state index is 12.3. The van der Waals surface area contributed by atoms with E-state index in [9.17, 15) is 19.5 Å². The van der Waals surface area contributed by atoms with Gasteiger partial charge in [0.15, 0.2) is 6.10 Å². The van der Waals surface area contributed by atoms with Crippen molar-refractivity contribution < 1.29 is 33.7 Å². The number of hydrogen-bond donors (Lipinski definition) is 2. The van der Waals surface area contributed by atoms with Crippen molar-refractivity contribution in [1.82, 2.24) is 0 Å². The molecule has 148 valence electrons. The van der Waals surface area contributed by atoms with Gasteiger partial charge in [-0.1, -0.05) is 24.3 Å². The molecule has 1 aromatic rings. The van der Waals surface area contributed by atoms with E-state index in [1.807, 2.05) is 0 Å². The van der Waals surface area contributed by atoms with E-state index in [1.54, 1.807) is 44.2 Å². The topological polar surface area (TPSA) is 111 Å². The highest BCUT2D eigenvalue weighted by Crippen LogP contribution is 2.17. The van der Waals surface area contributed by atoms with Crippen molar-refractivity contribution in [3.8, 4) is 0 Å². The maximum Gasteiger partial charge on any atom is 0.350 e. The molecular formula is C19H25NO7. The Bertz CT molecular complexity index is 659. The number of nitrogens with one attached hydrogen (secondary N) is 1. The van der Waals surface area contributed by atoms with E-state index >= 15 is 0 Å². The number of ether oxygens (including phenoxy) is 3. The van der Waals surface area contributed by atoms with Gasteiger partial charge in [0, 0.05) is 12.2 Å². The fraction of sp³-hybridized carbons (Fsp3) is 0.421. The molecule has 8 nitrogen and oxygen atoms in total. The van der Waals surface area contributed by atoms with Crippen LogP contribution in [0.25, 0.3) is 0 Å². The average Bonchev–Trinajstić information content (AvgIpc) is 2.65. The van der Waals surface area contributed by atoms with Crippen LogP contribution in [0.3, 0.4) is 0 Å². The summed E-state index contributed by atoms with van der Waals surface area (Å²) in [5.41, 5.74) is 1.32. The van der Waals surface area contributed by atoms with Gasteiger partial charge in [-0.2, -0.15) is 0 Å². The number of benzene rings is 1. The van der Waals surface area contributed by atoms with Gasteiger partial charge in [0.2, 0.25) is 6.10 Å². The number of aliphatic hydroxyl groups is 1. The number of aliphatic hydroxyl groups excluding tert-OH is 1. The lowest BCUT2D eigenvalue weighted by Crippen LogP contribution is -2.45. The molecule has 0 radical (unpaired) electrons. The molecule has 0 heterocycles. The Labute approximate surface area is 158 Å². The number of carbonyl (C=O) groups excluding carboxylic acids is 3. The number of para-hydroxylation sites is 1. The van der Waals surface area contributed by atoms with Crippen molar-refractivity contribution >= 4 is 23.6 Å². The summed E-state index contributed by atoms with van der Waals surface area (Å²) in [5.74, 6) is -2.90. The van der Waals surface area contributed by atoms with Gasteiger partial charge >= 0.3 is 17.9 Å². The first-order valence-corrected chi connectivity index (χ1v) is 8.58. The molecule has 0 bridgehead atoms. The third-order valence-electron chi connectivity index (χ3n) is 3.38. The van der Waals surface area contributed by atoms with Gasteiger partial charge in [-0.05, 0) is 25.5 Å². The molecule has 0 amide bonds. The Morgan fingerprint density at radius 3 is 2.41 bits per heavy atom. The van der Waals surface area contributed by atoms with Crippen LogP contribution >= 0.6 is 0 Å². The van der Waals surface area contributed by atoms with E-state index in [-0.39, 0.29) is 19.6 Å². The molecule has 1 aromatic carbocycles. The zero-order valence-electron chi connectivity index (χ0n) is 15.5. The van der Waals surface area contributed by atoms with Crippen molar-refractivity contribution in [1.29, 1.82) is 0 Å². The second kappa shape index (κ2) is 11.7. The first-order chi connectivity index (χ1) is 12.9. The van der Waals surface area contributed by atoms with Crippen molar-refractivity contribution in [3.05, 3.63) is 42.5 Å². The van der Waals surface area contributed by atoms with E-state index in [1.165, 1.54) is 0 Å². The van der Waals surface area contributed by atoms with E-state index in [0.717, 1.165) is 0 Å². The molecule has 0 saturated heterocycles. The van der Waals surface area contributed by atoms with E-state index < -0.39 is 30.1 Å². The molecular weight excluding hydrogens is 354 g/mol. The fourth-order valence-electron chi connectivity index (χ4n) is 2.18. The van der Waals surface area contributed by atoms with Crippen molar-refractivity contribution in [3.63, 3.8) is 0 Å². The van der Waals surface area contributed by atoms with Crippen LogP contribution in [0, 0.1) is 0 Å². The SMILES string of the molecule is C=CCNc1ccccc1CC(=O)OC(C(=O)OCC)C(O)C(=O)OCC. The number of anilines is 1. The second-order valence-electron chi connectivity index (χ2n) is 5.36. The quantitative estimate of drug-likeness (QED) is 0.335. The summed E-state index contributed by atoms with van der Waals surface area (Å²) in [7, 11) is 0. The minimum Gasteiger partial charge on any atom is -0.464 e. The van der Waals surface area contributed by atoms with Gasteiger partial charge in [-0.3, -0.25) is 4.79 Å². The number of rotatable bonds is 11. The van der Waals surface area contributed by atoms with Crippen LogP contribution in [0.15, 0.2) is 36.9 Å². The standard InChI is InChI=1S/C19H25NO7/c1-4-11-20-14-10-8-7-9-13(14)12-15(21)27-17(19(24)26-6-3)16(22)18(23)25-5-2/h4,7-10,16-17,20,22H,1,5-6,11-12H2,2-3H3. The smallest absolute Gasteiger partial charge is 0.350 e. The molecule has 27 heavy (non-hydrogen) atoms. The first-order valence-electron chi connectivity index (χ1n) is 8.58. The van der Waals surface area contributed by atoms with Crippen LogP contribution in [0.1, 0.15) is 19.4 Å². The van der Waals surface area contributed by atoms with Crippen LogP contribution in [-0.4, -0.2) is 55.0 Å². The molecule has 0 aliphatic carbocycles. The largest absolute Gasteiger partial charge is 0.464 e. The van der Waals surface area contributed by atoms with E-state index in [0.29, 0.717) is 17.8 Å². The van der Waals surface area contributed by atoms with Gasteiger partial charge in [0.05, 0.1) is 19.6 Å². The van der Waals surface area contributed by atoms with Crippen molar-refractivity contribution in [2.45, 2.75) is 32.5 Å². The number of carbonyl (C=O) groups is 3. The average molecular weight is 379 g/mol. The van der Waals surface area contributed by atoms with Crippen LogP contribution in [-0.2, 0) is 35.0 Å². The summed E-state index contributed by atoms with van der Waals surface area (Å²) < 4.78 is 14.5. The summed E-state index contributed by atoms with van der Waals surface area (Å²) in [4.78, 5) is 36.0. The maximum atomic E-state index is 12.3. The van der Waals surface area contributed by atoms with Crippen LogP contribution in [0.5, 0.6) is 0 Å². The summed E-state index contributed by atoms with van der Waals surface area (Å²) in [6.07, 6.45) is -2.28. The van der Waals surface area contributed by atoms with E-state index in [4.69, 9.17) is 9.47 Å². The Morgan fingerprint density at radius 1 is 1.15 bits per heavy atom. The fourth-order valence-corrected chi connectivity index (χ4v) is 2.18. The summed E-state index contributed by atoms with van der Waals surface area (Å²) in [5, 5.41) is 13.1. The monoisotopic (exact) mass is 379 g/mol. The molecule has 0 saturated carbocycles. The summed E-state index contributed by atoms with van der Waals surface area (Å²) >= 11 is 0. The minimum atomic E-state index is -1.97. The molecule has 8 heteroatoms. The number of esters is 3. The number of hydrogen-bond acceptors (Lipinski definition) is 8. The summed E-state index contributed by atoms with van der Waals surface area (Å²) in [6, 6.07) is 7.04. The van der Waals surface area contributed by atoms with Gasteiger partial charge in [-0.25, -0.2) is 9.59 Å². The lowest BCUT2D eigenvalue weighted by atomic mass is 10.1. The molecule has 2 atom stereocenters. The van der Waals surface area contributed by atoms with Crippen LogP contribution in [0.4, 0.5) is 5.69 Å². The van der Waals surface area contributed by atoms with Gasteiger partial charge < -0.3 is 24.6 Å². The van der Waals surface area contributed by atoms with E-state index in [2.05, 4.69) is 16.6 Å². The normalized spacial score (nSPS) is 12.4. The van der Waals surface area contributed by atoms with Gasteiger partial charge in [0.1, 0.15) is 0 Å². The van der Waals surface area contributed by atoms with Crippen molar-refractivity contribution in [2.24, 2.45) is 0 Å². The molecule has 0 spiro atoms. The van der Waals surface area contributed by atoms with Gasteiger partial charge in [0.25, 0.3) is 0 Å². The predicted octanol–water partition coefficient (Wildman–Crippen LogP) is 1.23. The first kappa shape index (κ1) is 22.2. The third kappa shape index (κ3) is 7.10. The molecule has 0 aliphatic heterocycles. The molecule has 2 unspecified atom stereocenters. The second-order valence-corrected chi connectivity index (χ2v) is 5.36. The summed E-state index contributed by atoms with van der Waals surface area (Å²) in [6.45, 7) is 7.21. The zero-order chi connectivity index (χ0) is 20.2. The third-order valence-corrected chi connectivity index (χ3v) is 3.38. The zero-order valence-corrected chi connectivity index (χ0v) is 15.5. The Balaban J connectivity index is 2.89. The Kier molecular flexibility index (Phi) is 9.60. The van der Waals surface area contributed by atoms with Crippen LogP contribution in [0.2, 0.25) is 0 Å². The predicted molar refractivity (Wildman–Crippen MR) is 98.0 cm³/mol. The molecule has 0 aromatic heterocycles. The molecule has 0 aliphatic rings. The highest BCUT2D eigenvalue weighted by Gasteiger charge is 2.38. The molecule has 2 N–H and O–H groups in total. The Morgan fingerprint density at radius 2 is 1.78 bits per heavy atom. The molecule has 1 rings (SSSR count). The highest BCUT2D eigenvalue weighted by molar-refractivity contribution is 5.88. The minimum absolute atomic E-state index is 0.00172. The highest BCUT2D eigenvalue weighted by atomic mass is 16.6. The molecule has 0 fully saturated rings. The lowest BCUT2D eigenvalue weighted by molar-refractivity contribution is -0.183. The van der Waals surface area contributed by atoms with Crippen molar-refractivity contribution in [2.75, 3.05) is 25.1 Å². The van der Waals surface area contributed by atoms with Crippen LogP contribution < -0.4 is 5.32 Å². The van der Waals surface area contributed by atoms with Gasteiger partial charge in [-0.15, -0.1) is 6.58 Å². The Hall–Kier alpha value is -2.87.